The Balaban J connectivity index is 2.42. The number of nitrogens with one attached hydrogen (secondary N) is 1. The second-order valence-electron chi connectivity index (χ2n) is 3.17. The summed E-state index contributed by atoms with van der Waals surface area (Å²) in [5.41, 5.74) is 0.252. The summed E-state index contributed by atoms with van der Waals surface area (Å²) in [6.07, 6.45) is 1.40. The molecule has 1 aliphatic rings. The number of nitro benzene ring substituents is 1. The zero-order chi connectivity index (χ0) is 12.4. The first-order valence-electron chi connectivity index (χ1n) is 4.56. The molecule has 2 amide bonds. The number of rotatable bonds is 2. The summed E-state index contributed by atoms with van der Waals surface area (Å²) in [7, 11) is 0. The fourth-order valence-corrected chi connectivity index (χ4v) is 2.75. The van der Waals surface area contributed by atoms with Gasteiger partial charge in [0.1, 0.15) is 0 Å². The van der Waals surface area contributed by atoms with Crippen LogP contribution in [0.2, 0.25) is 0 Å². The molecule has 0 atom stereocenters. The van der Waals surface area contributed by atoms with Gasteiger partial charge in [0.05, 0.1) is 0 Å². The number of carbonyl (C=O) groups excluding carboxylic acids is 2. The third kappa shape index (κ3) is 2.41. The molecule has 1 aliphatic heterocycles. The molecular formula is C10H6N2O4Se. The minimum atomic E-state index is -0.610. The van der Waals surface area contributed by atoms with Gasteiger partial charge < -0.3 is 0 Å². The van der Waals surface area contributed by atoms with Crippen molar-refractivity contribution >= 4 is 37.4 Å². The van der Waals surface area contributed by atoms with Crippen molar-refractivity contribution in [3.63, 3.8) is 0 Å². The number of benzene rings is 1. The van der Waals surface area contributed by atoms with Crippen molar-refractivity contribution in [1.82, 2.24) is 5.32 Å². The van der Waals surface area contributed by atoms with Crippen molar-refractivity contribution in [3.8, 4) is 0 Å². The number of imide groups is 1. The van der Waals surface area contributed by atoms with Gasteiger partial charge in [-0.1, -0.05) is 0 Å². The van der Waals surface area contributed by atoms with E-state index in [0.29, 0.717) is 10.0 Å². The number of hydrogen-bond donors (Lipinski definition) is 1. The average Bonchev–Trinajstić information content (AvgIpc) is 2.58. The van der Waals surface area contributed by atoms with E-state index in [4.69, 9.17) is 0 Å². The first-order chi connectivity index (χ1) is 8.08. The van der Waals surface area contributed by atoms with E-state index in [-0.39, 0.29) is 10.5 Å². The quantitative estimate of drug-likeness (QED) is 0.380. The molecule has 0 unspecified atom stereocenters. The van der Waals surface area contributed by atoms with Crippen LogP contribution in [0.1, 0.15) is 5.56 Å². The normalized spacial score (nSPS) is 17.3. The molecule has 1 saturated heterocycles. The van der Waals surface area contributed by atoms with Crippen LogP contribution >= 0.6 is 0 Å². The van der Waals surface area contributed by atoms with Gasteiger partial charge in [-0.15, -0.1) is 0 Å². The van der Waals surface area contributed by atoms with Gasteiger partial charge in [-0.2, -0.15) is 0 Å². The van der Waals surface area contributed by atoms with Crippen molar-refractivity contribution in [1.29, 1.82) is 0 Å². The van der Waals surface area contributed by atoms with E-state index in [0.717, 1.165) is 0 Å². The topological polar surface area (TPSA) is 89.3 Å². The Hall–Kier alpha value is -1.98. The molecule has 6 nitrogen and oxygen atoms in total. The molecule has 1 heterocycles. The van der Waals surface area contributed by atoms with Crippen molar-refractivity contribution in [2.75, 3.05) is 0 Å². The van der Waals surface area contributed by atoms with Gasteiger partial charge in [0.2, 0.25) is 0 Å². The first kappa shape index (κ1) is 11.5. The molecule has 0 aromatic heterocycles. The molecule has 0 bridgehead atoms. The monoisotopic (exact) mass is 298 g/mol. The molecule has 1 fully saturated rings. The summed E-state index contributed by atoms with van der Waals surface area (Å²) >= 11 is -0.610. The fraction of sp³-hybridized carbons (Fsp3) is 0. The summed E-state index contributed by atoms with van der Waals surface area (Å²) in [5.74, 6) is -0.465. The Kier molecular flexibility index (Phi) is 3.03. The summed E-state index contributed by atoms with van der Waals surface area (Å²) < 4.78 is 0.303. The zero-order valence-corrected chi connectivity index (χ0v) is 10.1. The van der Waals surface area contributed by atoms with Crippen LogP contribution in [-0.4, -0.2) is 30.6 Å². The molecule has 7 heteroatoms. The van der Waals surface area contributed by atoms with Crippen LogP contribution in [0, 0.1) is 10.1 Å². The number of hydrogen-bond acceptors (Lipinski definition) is 4. The zero-order valence-electron chi connectivity index (χ0n) is 8.38. The maximum absolute atomic E-state index is 11.3. The molecule has 1 aromatic carbocycles. The van der Waals surface area contributed by atoms with Gasteiger partial charge in [0.15, 0.2) is 0 Å². The minimum absolute atomic E-state index is 0.0806. The van der Waals surface area contributed by atoms with E-state index in [2.05, 4.69) is 5.32 Å². The number of amides is 2. The molecule has 86 valence electrons. The van der Waals surface area contributed by atoms with Crippen molar-refractivity contribution in [2.24, 2.45) is 0 Å². The Morgan fingerprint density at radius 3 is 2.59 bits per heavy atom. The van der Waals surface area contributed by atoms with Crippen molar-refractivity contribution < 1.29 is 14.5 Å². The number of nitro groups is 1. The average molecular weight is 297 g/mol. The Morgan fingerprint density at radius 2 is 2.00 bits per heavy atom. The van der Waals surface area contributed by atoms with Crippen molar-refractivity contribution in [2.45, 2.75) is 0 Å². The Labute approximate surface area is 102 Å². The third-order valence-electron chi connectivity index (χ3n) is 2.06. The van der Waals surface area contributed by atoms with E-state index >= 15 is 0 Å². The molecule has 0 spiro atoms. The molecule has 2 rings (SSSR count). The molecular weight excluding hydrogens is 291 g/mol. The number of nitrogens with zero attached hydrogens (tertiary/aromatic N) is 1. The molecule has 1 N–H and O–H groups in total. The predicted molar refractivity (Wildman–Crippen MR) is 60.4 cm³/mol. The second-order valence-corrected chi connectivity index (χ2v) is 5.30. The van der Waals surface area contributed by atoms with Crippen LogP contribution < -0.4 is 5.32 Å². The van der Waals surface area contributed by atoms with Crippen LogP contribution in [0.3, 0.4) is 0 Å². The van der Waals surface area contributed by atoms with Gasteiger partial charge in [-0.25, -0.2) is 0 Å². The van der Waals surface area contributed by atoms with Gasteiger partial charge in [0, 0.05) is 0 Å². The predicted octanol–water partition coefficient (Wildman–Crippen LogP) is 0.890. The number of carbonyl (C=O) groups is 2. The summed E-state index contributed by atoms with van der Waals surface area (Å²) in [5, 5.41) is 12.9. The van der Waals surface area contributed by atoms with Gasteiger partial charge in [-0.3, -0.25) is 0 Å². The molecule has 0 radical (unpaired) electrons. The van der Waals surface area contributed by atoms with Crippen LogP contribution in [0.5, 0.6) is 0 Å². The van der Waals surface area contributed by atoms with Crippen molar-refractivity contribution in [3.05, 3.63) is 44.4 Å². The van der Waals surface area contributed by atoms with E-state index in [1.54, 1.807) is 12.1 Å². The third-order valence-corrected chi connectivity index (χ3v) is 3.76. The van der Waals surface area contributed by atoms with E-state index in [1.807, 2.05) is 0 Å². The van der Waals surface area contributed by atoms with Crippen LogP contribution in [-0.2, 0) is 4.79 Å². The van der Waals surface area contributed by atoms with E-state index in [1.165, 1.54) is 18.2 Å². The van der Waals surface area contributed by atoms with Crippen LogP contribution in [0.25, 0.3) is 6.08 Å². The summed E-state index contributed by atoms with van der Waals surface area (Å²) in [6.45, 7) is 0. The Bertz CT molecular complexity index is 553. The van der Waals surface area contributed by atoms with Gasteiger partial charge in [0.25, 0.3) is 0 Å². The standard InChI is InChI=1S/C10H6N2O4Se/c13-9-8(17-10(14)11-9)5-6-3-1-2-4-7(6)12(15)16/h1-5H,(H,11,13,14)/b8-5+. The van der Waals surface area contributed by atoms with E-state index in [9.17, 15) is 19.7 Å². The molecule has 0 saturated carbocycles. The fourth-order valence-electron chi connectivity index (χ4n) is 1.34. The Morgan fingerprint density at radius 1 is 1.29 bits per heavy atom. The van der Waals surface area contributed by atoms with Crippen LogP contribution in [0.4, 0.5) is 10.5 Å². The number of para-hydroxylation sites is 1. The maximum atomic E-state index is 11.3. The summed E-state index contributed by atoms with van der Waals surface area (Å²) in [4.78, 5) is 32.2. The molecule has 1 aromatic rings. The van der Waals surface area contributed by atoms with Gasteiger partial charge in [-0.05, 0) is 0 Å². The SMILES string of the molecule is O=C1NC(=O)/C(=C\c2ccccc2[N+](=O)[O-])[Se]1. The molecule has 0 aliphatic carbocycles. The van der Waals surface area contributed by atoms with Crippen LogP contribution in [0.15, 0.2) is 28.7 Å². The second kappa shape index (κ2) is 4.48. The van der Waals surface area contributed by atoms with Gasteiger partial charge >= 0.3 is 102 Å². The molecule has 17 heavy (non-hydrogen) atoms. The van der Waals surface area contributed by atoms with E-state index < -0.39 is 25.8 Å². The summed E-state index contributed by atoms with van der Waals surface area (Å²) in [6, 6.07) is 6.08. The first-order valence-corrected chi connectivity index (χ1v) is 6.27.